The van der Waals surface area contributed by atoms with Crippen LogP contribution < -0.4 is 10.6 Å². The van der Waals surface area contributed by atoms with Gasteiger partial charge in [-0.1, -0.05) is 6.92 Å². The van der Waals surface area contributed by atoms with Crippen LogP contribution in [0.25, 0.3) is 0 Å². The number of ether oxygens (including phenoxy) is 1. The van der Waals surface area contributed by atoms with Gasteiger partial charge in [-0.2, -0.15) is 5.10 Å². The van der Waals surface area contributed by atoms with Gasteiger partial charge in [0.05, 0.1) is 24.4 Å². The fourth-order valence-corrected chi connectivity index (χ4v) is 4.10. The molecule has 0 spiro atoms. The number of aromatic nitrogens is 2. The lowest BCUT2D eigenvalue weighted by atomic mass is 10.0. The predicted octanol–water partition coefficient (Wildman–Crippen LogP) is 1.65. The molecule has 2 amide bonds. The van der Waals surface area contributed by atoms with Gasteiger partial charge in [-0.25, -0.2) is 4.79 Å². The number of hydrogen-bond acceptors (Lipinski definition) is 4. The molecule has 3 heterocycles. The second-order valence-electron chi connectivity index (χ2n) is 7.27. The molecular formula is C18H31N5O2. The van der Waals surface area contributed by atoms with Gasteiger partial charge in [-0.3, -0.25) is 9.58 Å². The van der Waals surface area contributed by atoms with Crippen molar-refractivity contribution in [2.75, 3.05) is 26.2 Å². The van der Waals surface area contributed by atoms with Gasteiger partial charge in [0.1, 0.15) is 0 Å². The summed E-state index contributed by atoms with van der Waals surface area (Å²) in [4.78, 5) is 14.9. The van der Waals surface area contributed by atoms with Crippen molar-refractivity contribution in [3.63, 3.8) is 0 Å². The summed E-state index contributed by atoms with van der Waals surface area (Å²) in [7, 11) is 1.94. The number of nitrogens with zero attached hydrogens (tertiary/aromatic N) is 3. The fraction of sp³-hybridized carbons (Fsp3) is 0.778. The first kappa shape index (κ1) is 18.2. The molecule has 2 fully saturated rings. The maximum Gasteiger partial charge on any atom is 0.315 e. The first-order valence-electron chi connectivity index (χ1n) is 9.39. The van der Waals surface area contributed by atoms with Gasteiger partial charge in [0, 0.05) is 37.4 Å². The molecule has 0 radical (unpaired) electrons. The Kier molecular flexibility index (Phi) is 5.64. The monoisotopic (exact) mass is 349 g/mol. The highest BCUT2D eigenvalue weighted by molar-refractivity contribution is 5.74. The van der Waals surface area contributed by atoms with Crippen LogP contribution in [0, 0.1) is 13.8 Å². The van der Waals surface area contributed by atoms with Crippen LogP contribution in [0.5, 0.6) is 0 Å². The van der Waals surface area contributed by atoms with Gasteiger partial charge >= 0.3 is 6.03 Å². The molecule has 25 heavy (non-hydrogen) atoms. The SMILES string of the molecule is CC[C@H](NC(=O)NC[C@H]1CN2CCC[C@H]2CO1)c1c(C)nn(C)c1C. The third kappa shape index (κ3) is 3.98. The summed E-state index contributed by atoms with van der Waals surface area (Å²) in [6.45, 7) is 9.54. The number of urea groups is 1. The van der Waals surface area contributed by atoms with E-state index in [1.807, 2.05) is 25.6 Å². The molecule has 3 rings (SSSR count). The Morgan fingerprint density at radius 3 is 2.92 bits per heavy atom. The van der Waals surface area contributed by atoms with E-state index in [-0.39, 0.29) is 18.2 Å². The molecule has 2 N–H and O–H groups in total. The Hall–Kier alpha value is -1.60. The molecule has 7 heteroatoms. The molecule has 0 unspecified atom stereocenters. The first-order valence-corrected chi connectivity index (χ1v) is 9.39. The summed E-state index contributed by atoms with van der Waals surface area (Å²) < 4.78 is 7.77. The Morgan fingerprint density at radius 1 is 1.44 bits per heavy atom. The lowest BCUT2D eigenvalue weighted by Gasteiger charge is -2.35. The molecule has 0 saturated carbocycles. The molecule has 2 saturated heterocycles. The first-order chi connectivity index (χ1) is 12.0. The van der Waals surface area contributed by atoms with E-state index in [4.69, 9.17) is 4.74 Å². The fourth-order valence-electron chi connectivity index (χ4n) is 4.10. The molecule has 140 valence electrons. The van der Waals surface area contributed by atoms with Crippen molar-refractivity contribution < 1.29 is 9.53 Å². The van der Waals surface area contributed by atoms with Crippen LogP contribution in [-0.2, 0) is 11.8 Å². The highest BCUT2D eigenvalue weighted by Gasteiger charge is 2.32. The van der Waals surface area contributed by atoms with Gasteiger partial charge < -0.3 is 15.4 Å². The van der Waals surface area contributed by atoms with Crippen molar-refractivity contribution in [2.24, 2.45) is 7.05 Å². The zero-order valence-corrected chi connectivity index (χ0v) is 15.8. The van der Waals surface area contributed by atoms with Gasteiger partial charge in [0.15, 0.2) is 0 Å². The molecule has 2 aliphatic rings. The largest absolute Gasteiger partial charge is 0.373 e. The molecule has 0 bridgehead atoms. The Bertz CT molecular complexity index is 615. The summed E-state index contributed by atoms with van der Waals surface area (Å²) in [5.74, 6) is 0. The number of hydrogen-bond donors (Lipinski definition) is 2. The summed E-state index contributed by atoms with van der Waals surface area (Å²) in [6, 6.07) is 0.427. The molecule has 2 aliphatic heterocycles. The van der Waals surface area contributed by atoms with Crippen LogP contribution in [0.4, 0.5) is 4.79 Å². The third-order valence-corrected chi connectivity index (χ3v) is 5.58. The smallest absolute Gasteiger partial charge is 0.315 e. The van der Waals surface area contributed by atoms with Crippen LogP contribution in [0.1, 0.15) is 49.2 Å². The molecular weight excluding hydrogens is 318 g/mol. The van der Waals surface area contributed by atoms with Crippen molar-refractivity contribution >= 4 is 6.03 Å². The number of fused-ring (bicyclic) bond motifs is 1. The predicted molar refractivity (Wildman–Crippen MR) is 96.6 cm³/mol. The number of carbonyl (C=O) groups is 1. The van der Waals surface area contributed by atoms with E-state index >= 15 is 0 Å². The number of aryl methyl sites for hydroxylation is 2. The molecule has 1 aromatic rings. The molecule has 0 aromatic carbocycles. The van der Waals surface area contributed by atoms with Gasteiger partial charge in [0.25, 0.3) is 0 Å². The van der Waals surface area contributed by atoms with Gasteiger partial charge in [-0.15, -0.1) is 0 Å². The van der Waals surface area contributed by atoms with Crippen molar-refractivity contribution in [3.8, 4) is 0 Å². The van der Waals surface area contributed by atoms with E-state index in [1.165, 1.54) is 12.8 Å². The summed E-state index contributed by atoms with van der Waals surface area (Å²) in [5.41, 5.74) is 3.19. The molecule has 3 atom stereocenters. The van der Waals surface area contributed by atoms with E-state index in [0.29, 0.717) is 12.6 Å². The van der Waals surface area contributed by atoms with E-state index in [9.17, 15) is 4.79 Å². The number of nitrogens with one attached hydrogen (secondary N) is 2. The minimum Gasteiger partial charge on any atom is -0.373 e. The normalized spacial score (nSPS) is 24.8. The van der Waals surface area contributed by atoms with Crippen LogP contribution >= 0.6 is 0 Å². The lowest BCUT2D eigenvalue weighted by molar-refractivity contribution is -0.0458. The average Bonchev–Trinajstić information content (AvgIpc) is 3.15. The topological polar surface area (TPSA) is 71.4 Å². The summed E-state index contributed by atoms with van der Waals surface area (Å²) in [5, 5.41) is 10.5. The van der Waals surface area contributed by atoms with Crippen molar-refractivity contribution in [1.82, 2.24) is 25.3 Å². The Labute approximate surface area is 150 Å². The summed E-state index contributed by atoms with van der Waals surface area (Å²) in [6.07, 6.45) is 3.41. The van der Waals surface area contributed by atoms with Crippen LogP contribution in [0.2, 0.25) is 0 Å². The number of carbonyl (C=O) groups excluding carboxylic acids is 1. The number of rotatable bonds is 5. The third-order valence-electron chi connectivity index (χ3n) is 5.58. The van der Waals surface area contributed by atoms with Crippen molar-refractivity contribution in [3.05, 3.63) is 17.0 Å². The standard InChI is InChI=1S/C18H31N5O2/c1-5-16(17-12(2)21-22(4)13(17)3)20-18(24)19-9-15-10-23-8-6-7-14(23)11-25-15/h14-16H,5-11H2,1-4H3,(H2,19,20,24)/t14-,15-,16-/m0/s1. The quantitative estimate of drug-likeness (QED) is 0.848. The second-order valence-corrected chi connectivity index (χ2v) is 7.27. The molecule has 1 aromatic heterocycles. The minimum absolute atomic E-state index is 0.0241. The minimum atomic E-state index is -0.137. The number of amides is 2. The van der Waals surface area contributed by atoms with Crippen LogP contribution in [-0.4, -0.2) is 59.1 Å². The second kappa shape index (κ2) is 7.74. The van der Waals surface area contributed by atoms with Crippen molar-refractivity contribution in [2.45, 2.75) is 58.2 Å². The van der Waals surface area contributed by atoms with Gasteiger partial charge in [0.2, 0.25) is 0 Å². The maximum atomic E-state index is 12.4. The zero-order chi connectivity index (χ0) is 18.0. The molecule has 0 aliphatic carbocycles. The van der Waals surface area contributed by atoms with Crippen LogP contribution in [0.15, 0.2) is 0 Å². The Balaban J connectivity index is 1.51. The highest BCUT2D eigenvalue weighted by Crippen LogP contribution is 2.24. The van der Waals surface area contributed by atoms with Crippen molar-refractivity contribution in [1.29, 1.82) is 0 Å². The zero-order valence-electron chi connectivity index (χ0n) is 15.8. The van der Waals surface area contributed by atoms with E-state index < -0.39 is 0 Å². The molecule has 7 nitrogen and oxygen atoms in total. The number of morpholine rings is 1. The summed E-state index contributed by atoms with van der Waals surface area (Å²) >= 11 is 0. The Morgan fingerprint density at radius 2 is 2.24 bits per heavy atom. The average molecular weight is 349 g/mol. The van der Waals surface area contributed by atoms with E-state index in [0.717, 1.165) is 43.1 Å². The van der Waals surface area contributed by atoms with Gasteiger partial charge in [-0.05, 0) is 39.7 Å². The lowest BCUT2D eigenvalue weighted by Crippen LogP contribution is -2.51. The highest BCUT2D eigenvalue weighted by atomic mass is 16.5. The van der Waals surface area contributed by atoms with Crippen LogP contribution in [0.3, 0.4) is 0 Å². The maximum absolute atomic E-state index is 12.4. The van der Waals surface area contributed by atoms with E-state index in [2.05, 4.69) is 27.6 Å². The van der Waals surface area contributed by atoms with E-state index in [1.54, 1.807) is 0 Å².